The van der Waals surface area contributed by atoms with Gasteiger partial charge in [-0.05, 0) is 49.4 Å². The second-order valence-electron chi connectivity index (χ2n) is 6.68. The monoisotopic (exact) mass is 352 g/mol. The zero-order valence-electron chi connectivity index (χ0n) is 13.9. The van der Waals surface area contributed by atoms with Crippen LogP contribution in [0.5, 0.6) is 0 Å². The van der Waals surface area contributed by atoms with Gasteiger partial charge in [0.2, 0.25) is 10.0 Å². The predicted octanol–water partition coefficient (Wildman–Crippen LogP) is 1.48. The van der Waals surface area contributed by atoms with Gasteiger partial charge in [0.15, 0.2) is 0 Å². The van der Waals surface area contributed by atoms with Crippen LogP contribution in [0.4, 0.5) is 0 Å². The highest BCUT2D eigenvalue weighted by Crippen LogP contribution is 2.28. The molecule has 7 heteroatoms. The van der Waals surface area contributed by atoms with E-state index in [1.165, 1.54) is 12.1 Å². The van der Waals surface area contributed by atoms with E-state index < -0.39 is 10.0 Å². The van der Waals surface area contributed by atoms with E-state index in [1.54, 1.807) is 24.1 Å². The van der Waals surface area contributed by atoms with E-state index >= 15 is 0 Å². The van der Waals surface area contributed by atoms with Crippen LogP contribution in [0.2, 0.25) is 0 Å². The SMILES string of the molecule is COC[C@@H]1CCN(C(=O)c2ccc(S(=O)(=O)NCC3CC3)cc2)C1. The molecule has 1 aliphatic carbocycles. The van der Waals surface area contributed by atoms with Crippen molar-refractivity contribution < 1.29 is 17.9 Å². The molecule has 1 atom stereocenters. The standard InChI is InChI=1S/C17H24N2O4S/c1-23-12-14-8-9-19(11-14)17(20)15-4-6-16(7-5-15)24(21,22)18-10-13-2-3-13/h4-7,13-14,18H,2-3,8-12H2,1H3/t14-/m1/s1. The smallest absolute Gasteiger partial charge is 0.253 e. The van der Waals surface area contributed by atoms with Gasteiger partial charge < -0.3 is 9.64 Å². The van der Waals surface area contributed by atoms with Gasteiger partial charge in [-0.3, -0.25) is 4.79 Å². The number of methoxy groups -OCH3 is 1. The van der Waals surface area contributed by atoms with Crippen LogP contribution in [0.15, 0.2) is 29.2 Å². The average Bonchev–Trinajstić information content (AvgIpc) is 3.30. The fraction of sp³-hybridized carbons (Fsp3) is 0.588. The Balaban J connectivity index is 1.62. The van der Waals surface area contributed by atoms with Crippen molar-refractivity contribution in [3.05, 3.63) is 29.8 Å². The highest BCUT2D eigenvalue weighted by Gasteiger charge is 2.27. The van der Waals surface area contributed by atoms with Crippen LogP contribution in [-0.4, -0.2) is 52.6 Å². The maximum atomic E-state index is 12.5. The molecule has 1 N–H and O–H groups in total. The summed E-state index contributed by atoms with van der Waals surface area (Å²) in [5.74, 6) is 0.810. The van der Waals surface area contributed by atoms with Crippen LogP contribution in [0, 0.1) is 11.8 Å². The fourth-order valence-electron chi connectivity index (χ4n) is 2.98. The number of carbonyl (C=O) groups excluding carboxylic acids is 1. The van der Waals surface area contributed by atoms with E-state index in [4.69, 9.17) is 4.74 Å². The van der Waals surface area contributed by atoms with Gasteiger partial charge in [0.1, 0.15) is 0 Å². The molecule has 132 valence electrons. The van der Waals surface area contributed by atoms with Crippen LogP contribution in [0.25, 0.3) is 0 Å². The van der Waals surface area contributed by atoms with Crippen molar-refractivity contribution in [2.75, 3.05) is 33.4 Å². The molecule has 2 aliphatic rings. The van der Waals surface area contributed by atoms with E-state index in [0.717, 1.165) is 25.8 Å². The Bertz CT molecular complexity index is 683. The lowest BCUT2D eigenvalue weighted by Gasteiger charge is -2.16. The van der Waals surface area contributed by atoms with Crippen LogP contribution in [0.3, 0.4) is 0 Å². The first kappa shape index (κ1) is 17.4. The van der Waals surface area contributed by atoms with Gasteiger partial charge in [-0.25, -0.2) is 13.1 Å². The maximum Gasteiger partial charge on any atom is 0.253 e. The van der Waals surface area contributed by atoms with E-state index in [0.29, 0.717) is 37.1 Å². The van der Waals surface area contributed by atoms with Gasteiger partial charge >= 0.3 is 0 Å². The van der Waals surface area contributed by atoms with Gasteiger partial charge in [-0.15, -0.1) is 0 Å². The summed E-state index contributed by atoms with van der Waals surface area (Å²) >= 11 is 0. The minimum Gasteiger partial charge on any atom is -0.384 e. The molecule has 0 unspecified atom stereocenters. The number of hydrogen-bond donors (Lipinski definition) is 1. The minimum absolute atomic E-state index is 0.0523. The Morgan fingerprint density at radius 3 is 2.54 bits per heavy atom. The minimum atomic E-state index is -3.48. The van der Waals surface area contributed by atoms with Crippen LogP contribution in [-0.2, 0) is 14.8 Å². The lowest BCUT2D eigenvalue weighted by Crippen LogP contribution is -2.29. The maximum absolute atomic E-state index is 12.5. The summed E-state index contributed by atoms with van der Waals surface area (Å²) in [6.45, 7) is 2.57. The fourth-order valence-corrected chi connectivity index (χ4v) is 4.10. The van der Waals surface area contributed by atoms with Crippen molar-refractivity contribution in [1.29, 1.82) is 0 Å². The topological polar surface area (TPSA) is 75.7 Å². The van der Waals surface area contributed by atoms with E-state index in [9.17, 15) is 13.2 Å². The average molecular weight is 352 g/mol. The first-order valence-electron chi connectivity index (χ1n) is 8.37. The van der Waals surface area contributed by atoms with Gasteiger partial charge in [0.05, 0.1) is 11.5 Å². The quantitative estimate of drug-likeness (QED) is 0.807. The van der Waals surface area contributed by atoms with E-state index in [-0.39, 0.29) is 10.8 Å². The van der Waals surface area contributed by atoms with Gasteiger partial charge in [0.25, 0.3) is 5.91 Å². The molecule has 1 saturated carbocycles. The van der Waals surface area contributed by atoms with Gasteiger partial charge in [0, 0.05) is 38.2 Å². The molecule has 0 aromatic heterocycles. The number of ether oxygens (including phenoxy) is 1. The summed E-state index contributed by atoms with van der Waals surface area (Å²) < 4.78 is 32.2. The number of sulfonamides is 1. The van der Waals surface area contributed by atoms with Crippen LogP contribution in [0.1, 0.15) is 29.6 Å². The van der Waals surface area contributed by atoms with Crippen LogP contribution < -0.4 is 4.72 Å². The van der Waals surface area contributed by atoms with Crippen molar-refractivity contribution in [2.24, 2.45) is 11.8 Å². The number of likely N-dealkylation sites (tertiary alicyclic amines) is 1. The molecule has 0 spiro atoms. The number of rotatable bonds is 7. The van der Waals surface area contributed by atoms with E-state index in [1.807, 2.05) is 0 Å². The number of amides is 1. The third-order valence-electron chi connectivity index (χ3n) is 4.65. The molecule has 6 nitrogen and oxygen atoms in total. The third kappa shape index (κ3) is 4.15. The van der Waals surface area contributed by atoms with Crippen molar-refractivity contribution >= 4 is 15.9 Å². The Kier molecular flexibility index (Phi) is 5.22. The summed E-state index contributed by atoms with van der Waals surface area (Å²) in [6, 6.07) is 6.20. The molecule has 1 heterocycles. The Morgan fingerprint density at radius 1 is 1.21 bits per heavy atom. The molecule has 1 saturated heterocycles. The number of benzene rings is 1. The summed E-state index contributed by atoms with van der Waals surface area (Å²) in [7, 11) is -1.82. The molecule has 2 fully saturated rings. The molecule has 3 rings (SSSR count). The predicted molar refractivity (Wildman–Crippen MR) is 90.2 cm³/mol. The van der Waals surface area contributed by atoms with Crippen LogP contribution >= 0.6 is 0 Å². The highest BCUT2D eigenvalue weighted by atomic mass is 32.2. The lowest BCUT2D eigenvalue weighted by molar-refractivity contribution is 0.0775. The first-order chi connectivity index (χ1) is 11.5. The molecule has 0 radical (unpaired) electrons. The molecule has 1 aromatic carbocycles. The number of hydrogen-bond acceptors (Lipinski definition) is 4. The molecular formula is C17H24N2O4S. The molecule has 1 aromatic rings. The summed E-state index contributed by atoms with van der Waals surface area (Å²) in [4.78, 5) is 14.5. The Labute approximate surface area is 143 Å². The van der Waals surface area contributed by atoms with E-state index in [2.05, 4.69) is 4.72 Å². The normalized spacial score (nSPS) is 21.2. The lowest BCUT2D eigenvalue weighted by atomic mass is 10.1. The molecule has 1 amide bonds. The number of nitrogens with zero attached hydrogens (tertiary/aromatic N) is 1. The largest absolute Gasteiger partial charge is 0.384 e. The summed E-state index contributed by atoms with van der Waals surface area (Å²) in [5.41, 5.74) is 0.522. The molecular weight excluding hydrogens is 328 g/mol. The second kappa shape index (κ2) is 7.21. The molecule has 0 bridgehead atoms. The summed E-state index contributed by atoms with van der Waals surface area (Å²) in [5, 5.41) is 0. The molecule has 24 heavy (non-hydrogen) atoms. The number of carbonyl (C=O) groups is 1. The van der Waals surface area contributed by atoms with Gasteiger partial charge in [-0.2, -0.15) is 0 Å². The number of nitrogens with one attached hydrogen (secondary N) is 1. The second-order valence-corrected chi connectivity index (χ2v) is 8.45. The summed E-state index contributed by atoms with van der Waals surface area (Å²) in [6.07, 6.45) is 3.13. The third-order valence-corrected chi connectivity index (χ3v) is 6.09. The Morgan fingerprint density at radius 2 is 1.92 bits per heavy atom. The Hall–Kier alpha value is -1.44. The molecule has 1 aliphatic heterocycles. The van der Waals surface area contributed by atoms with Crippen molar-refractivity contribution in [1.82, 2.24) is 9.62 Å². The highest BCUT2D eigenvalue weighted by molar-refractivity contribution is 7.89. The zero-order chi connectivity index (χ0) is 17.2. The van der Waals surface area contributed by atoms with Crippen molar-refractivity contribution in [3.8, 4) is 0 Å². The van der Waals surface area contributed by atoms with Crippen molar-refractivity contribution in [2.45, 2.75) is 24.2 Å². The van der Waals surface area contributed by atoms with Crippen molar-refractivity contribution in [3.63, 3.8) is 0 Å². The zero-order valence-corrected chi connectivity index (χ0v) is 14.7. The first-order valence-corrected chi connectivity index (χ1v) is 9.86. The van der Waals surface area contributed by atoms with Gasteiger partial charge in [-0.1, -0.05) is 0 Å².